The fourth-order valence-electron chi connectivity index (χ4n) is 3.00. The standard InChI is InChI=1S/C22H22FN3O4/c1-4-26(21(27)9-8-14-6-5-7-15(23)10-14)13-20-24-17-12-19(30-3)18(29-2)11-16(17)22(28)25-20/h5-12H,4,13H2,1-3H3,(H,24,25,28)/b9-8+. The van der Waals surface area contributed by atoms with E-state index in [-0.39, 0.29) is 23.8 Å². The molecule has 3 aromatic rings. The number of methoxy groups -OCH3 is 2. The summed E-state index contributed by atoms with van der Waals surface area (Å²) in [7, 11) is 2.99. The number of aromatic amines is 1. The molecule has 1 amide bonds. The highest BCUT2D eigenvalue weighted by atomic mass is 19.1. The number of rotatable bonds is 7. The molecule has 0 atom stereocenters. The van der Waals surface area contributed by atoms with E-state index in [4.69, 9.17) is 9.47 Å². The molecule has 8 heteroatoms. The van der Waals surface area contributed by atoms with E-state index in [0.29, 0.717) is 40.3 Å². The smallest absolute Gasteiger partial charge is 0.258 e. The summed E-state index contributed by atoms with van der Waals surface area (Å²) in [6.07, 6.45) is 2.91. The number of benzene rings is 2. The van der Waals surface area contributed by atoms with E-state index in [2.05, 4.69) is 9.97 Å². The van der Waals surface area contributed by atoms with Crippen LogP contribution >= 0.6 is 0 Å². The molecule has 0 aliphatic heterocycles. The first kappa shape index (κ1) is 21.0. The third-order valence-electron chi connectivity index (χ3n) is 4.56. The second kappa shape index (κ2) is 9.21. The summed E-state index contributed by atoms with van der Waals surface area (Å²) in [4.78, 5) is 33.7. The summed E-state index contributed by atoms with van der Waals surface area (Å²) in [6, 6.07) is 9.13. The molecule has 1 N–H and O–H groups in total. The monoisotopic (exact) mass is 411 g/mol. The van der Waals surface area contributed by atoms with Crippen LogP contribution in [0.3, 0.4) is 0 Å². The largest absolute Gasteiger partial charge is 0.493 e. The van der Waals surface area contributed by atoms with Crippen molar-refractivity contribution in [3.63, 3.8) is 0 Å². The van der Waals surface area contributed by atoms with Crippen molar-refractivity contribution in [3.05, 3.63) is 70.0 Å². The predicted octanol–water partition coefficient (Wildman–Crippen LogP) is 3.14. The minimum absolute atomic E-state index is 0.113. The normalized spacial score (nSPS) is 11.1. The van der Waals surface area contributed by atoms with Gasteiger partial charge in [-0.3, -0.25) is 9.59 Å². The molecular formula is C22H22FN3O4. The maximum absolute atomic E-state index is 13.3. The van der Waals surface area contributed by atoms with Crippen LogP contribution in [0.5, 0.6) is 11.5 Å². The van der Waals surface area contributed by atoms with Gasteiger partial charge in [-0.25, -0.2) is 9.37 Å². The van der Waals surface area contributed by atoms with Crippen LogP contribution in [-0.4, -0.2) is 41.5 Å². The van der Waals surface area contributed by atoms with Crippen molar-refractivity contribution in [2.24, 2.45) is 0 Å². The van der Waals surface area contributed by atoms with Crippen LogP contribution in [0.1, 0.15) is 18.3 Å². The number of H-pyrrole nitrogens is 1. The molecule has 0 spiro atoms. The summed E-state index contributed by atoms with van der Waals surface area (Å²) in [5.74, 6) is 0.571. The van der Waals surface area contributed by atoms with Crippen LogP contribution in [0.4, 0.5) is 4.39 Å². The van der Waals surface area contributed by atoms with Gasteiger partial charge in [0.25, 0.3) is 5.56 Å². The summed E-state index contributed by atoms with van der Waals surface area (Å²) in [6.45, 7) is 2.34. The van der Waals surface area contributed by atoms with Crippen LogP contribution in [0.15, 0.2) is 47.3 Å². The number of likely N-dealkylation sites (N-methyl/N-ethyl adjacent to an activating group) is 1. The number of hydrogen-bond donors (Lipinski definition) is 1. The zero-order valence-corrected chi connectivity index (χ0v) is 16.9. The lowest BCUT2D eigenvalue weighted by molar-refractivity contribution is -0.126. The van der Waals surface area contributed by atoms with Crippen LogP contribution in [0.2, 0.25) is 0 Å². The van der Waals surface area contributed by atoms with E-state index < -0.39 is 0 Å². The first-order valence-corrected chi connectivity index (χ1v) is 9.32. The second-order valence-electron chi connectivity index (χ2n) is 6.48. The predicted molar refractivity (Wildman–Crippen MR) is 112 cm³/mol. The highest BCUT2D eigenvalue weighted by Crippen LogP contribution is 2.29. The van der Waals surface area contributed by atoms with Crippen molar-refractivity contribution < 1.29 is 18.7 Å². The molecule has 0 saturated carbocycles. The molecule has 0 radical (unpaired) electrons. The van der Waals surface area contributed by atoms with Gasteiger partial charge in [0, 0.05) is 18.7 Å². The first-order valence-electron chi connectivity index (χ1n) is 9.32. The van der Waals surface area contributed by atoms with Crippen molar-refractivity contribution in [2.45, 2.75) is 13.5 Å². The Morgan fingerprint density at radius 3 is 2.60 bits per heavy atom. The number of carbonyl (C=O) groups excluding carboxylic acids is 1. The molecule has 30 heavy (non-hydrogen) atoms. The SMILES string of the molecule is CCN(Cc1nc2cc(OC)c(OC)cc2c(=O)[nH]1)C(=O)/C=C/c1cccc(F)c1. The van der Waals surface area contributed by atoms with Gasteiger partial charge in [-0.1, -0.05) is 12.1 Å². The number of amides is 1. The number of carbonyl (C=O) groups is 1. The number of hydrogen-bond acceptors (Lipinski definition) is 5. The number of nitrogens with zero attached hydrogens (tertiary/aromatic N) is 2. The van der Waals surface area contributed by atoms with Gasteiger partial charge >= 0.3 is 0 Å². The number of ether oxygens (including phenoxy) is 2. The van der Waals surface area contributed by atoms with Crippen LogP contribution in [-0.2, 0) is 11.3 Å². The van der Waals surface area contributed by atoms with E-state index in [1.807, 2.05) is 6.92 Å². The molecule has 2 aromatic carbocycles. The molecule has 3 rings (SSSR count). The summed E-state index contributed by atoms with van der Waals surface area (Å²) in [5.41, 5.74) is 0.678. The zero-order chi connectivity index (χ0) is 21.7. The first-order chi connectivity index (χ1) is 14.4. The lowest BCUT2D eigenvalue weighted by atomic mass is 10.2. The number of nitrogens with one attached hydrogen (secondary N) is 1. The highest BCUT2D eigenvalue weighted by molar-refractivity contribution is 5.91. The maximum Gasteiger partial charge on any atom is 0.258 e. The molecule has 7 nitrogen and oxygen atoms in total. The highest BCUT2D eigenvalue weighted by Gasteiger charge is 2.14. The third kappa shape index (κ3) is 4.65. The summed E-state index contributed by atoms with van der Waals surface area (Å²) in [5, 5.41) is 0.358. The van der Waals surface area contributed by atoms with E-state index in [1.54, 1.807) is 30.3 Å². The van der Waals surface area contributed by atoms with Crippen LogP contribution < -0.4 is 15.0 Å². The van der Waals surface area contributed by atoms with Crippen LogP contribution in [0, 0.1) is 5.82 Å². The van der Waals surface area contributed by atoms with Crippen molar-refractivity contribution in [1.29, 1.82) is 0 Å². The quantitative estimate of drug-likeness (QED) is 0.604. The van der Waals surface area contributed by atoms with Gasteiger partial charge < -0.3 is 19.4 Å². The Bertz CT molecular complexity index is 1160. The topological polar surface area (TPSA) is 84.5 Å². The Labute approximate surface area is 172 Å². The fourth-order valence-corrected chi connectivity index (χ4v) is 3.00. The molecule has 1 heterocycles. The van der Waals surface area contributed by atoms with Gasteiger partial charge in [-0.2, -0.15) is 0 Å². The molecule has 1 aromatic heterocycles. The van der Waals surface area contributed by atoms with Gasteiger partial charge in [0.1, 0.15) is 11.6 Å². The third-order valence-corrected chi connectivity index (χ3v) is 4.56. The van der Waals surface area contributed by atoms with Crippen molar-refractivity contribution in [2.75, 3.05) is 20.8 Å². The Morgan fingerprint density at radius 1 is 1.20 bits per heavy atom. The molecule has 0 fully saturated rings. The maximum atomic E-state index is 13.3. The van der Waals surface area contributed by atoms with Crippen molar-refractivity contribution in [3.8, 4) is 11.5 Å². The average molecular weight is 411 g/mol. The number of aromatic nitrogens is 2. The lowest BCUT2D eigenvalue weighted by Gasteiger charge is -2.18. The zero-order valence-electron chi connectivity index (χ0n) is 16.9. The summed E-state index contributed by atoms with van der Waals surface area (Å²) >= 11 is 0. The van der Waals surface area contributed by atoms with Gasteiger partial charge in [-0.05, 0) is 36.8 Å². The fraction of sp³-hybridized carbons (Fsp3) is 0.227. The molecular weight excluding hydrogens is 389 g/mol. The van der Waals surface area contributed by atoms with Gasteiger partial charge in [0.05, 0.1) is 31.7 Å². The average Bonchev–Trinajstić information content (AvgIpc) is 2.75. The number of halogens is 1. The Balaban J connectivity index is 1.85. The second-order valence-corrected chi connectivity index (χ2v) is 6.48. The van der Waals surface area contributed by atoms with Crippen molar-refractivity contribution in [1.82, 2.24) is 14.9 Å². The van der Waals surface area contributed by atoms with E-state index in [1.165, 1.54) is 37.3 Å². The van der Waals surface area contributed by atoms with Gasteiger partial charge in [0.2, 0.25) is 5.91 Å². The molecule has 0 saturated heterocycles. The van der Waals surface area contributed by atoms with E-state index in [9.17, 15) is 14.0 Å². The molecule has 0 aliphatic rings. The minimum Gasteiger partial charge on any atom is -0.493 e. The summed E-state index contributed by atoms with van der Waals surface area (Å²) < 4.78 is 23.8. The van der Waals surface area contributed by atoms with E-state index in [0.717, 1.165) is 0 Å². The Kier molecular flexibility index (Phi) is 6.46. The van der Waals surface area contributed by atoms with E-state index >= 15 is 0 Å². The number of fused-ring (bicyclic) bond motifs is 1. The molecule has 0 bridgehead atoms. The van der Waals surface area contributed by atoms with Crippen LogP contribution in [0.25, 0.3) is 17.0 Å². The van der Waals surface area contributed by atoms with Gasteiger partial charge in [0.15, 0.2) is 11.5 Å². The minimum atomic E-state index is -0.373. The lowest BCUT2D eigenvalue weighted by Crippen LogP contribution is -2.30. The Morgan fingerprint density at radius 2 is 1.93 bits per heavy atom. The molecule has 0 aliphatic carbocycles. The van der Waals surface area contributed by atoms with Gasteiger partial charge in [-0.15, -0.1) is 0 Å². The molecule has 156 valence electrons. The molecule has 0 unspecified atom stereocenters. The Hall–Kier alpha value is -3.68. The van der Waals surface area contributed by atoms with Crippen molar-refractivity contribution >= 4 is 22.9 Å².